The smallest absolute Gasteiger partial charge is 0.236 e. The molecule has 0 fully saturated rings. The van der Waals surface area contributed by atoms with Gasteiger partial charge in [-0.25, -0.2) is 0 Å². The van der Waals surface area contributed by atoms with E-state index in [1.54, 1.807) is 0 Å². The molecule has 64 valence electrons. The van der Waals surface area contributed by atoms with Crippen LogP contribution in [0.4, 0.5) is 5.69 Å². The fraction of sp³-hybridized carbons (Fsp3) is 0.125. The van der Waals surface area contributed by atoms with Crippen LogP contribution in [0.2, 0.25) is 0 Å². The summed E-state index contributed by atoms with van der Waals surface area (Å²) in [6, 6.07) is 7.72. The highest BCUT2D eigenvalue weighted by atomic mass is 127. The van der Waals surface area contributed by atoms with E-state index in [9.17, 15) is 4.79 Å². The van der Waals surface area contributed by atoms with Crippen LogP contribution in [0.1, 0.15) is 0 Å². The first-order valence-electron chi connectivity index (χ1n) is 3.47. The topological polar surface area (TPSA) is 55.1 Å². The lowest BCUT2D eigenvalue weighted by Gasteiger charge is -2.04. The van der Waals surface area contributed by atoms with Crippen LogP contribution in [-0.2, 0) is 4.79 Å². The Morgan fingerprint density at radius 1 is 1.50 bits per heavy atom. The van der Waals surface area contributed by atoms with E-state index in [0.29, 0.717) is 0 Å². The number of primary amides is 1. The molecule has 1 aromatic rings. The molecule has 3 N–H and O–H groups in total. The zero-order chi connectivity index (χ0) is 8.97. The van der Waals surface area contributed by atoms with Gasteiger partial charge in [0.2, 0.25) is 5.91 Å². The van der Waals surface area contributed by atoms with Crippen molar-refractivity contribution in [1.29, 1.82) is 0 Å². The van der Waals surface area contributed by atoms with E-state index in [4.69, 9.17) is 5.73 Å². The zero-order valence-corrected chi connectivity index (χ0v) is 8.54. The van der Waals surface area contributed by atoms with E-state index in [0.717, 1.165) is 9.26 Å². The van der Waals surface area contributed by atoms with Gasteiger partial charge in [0.1, 0.15) is 0 Å². The van der Waals surface area contributed by atoms with Gasteiger partial charge in [0.05, 0.1) is 6.54 Å². The molecule has 1 rings (SSSR count). The molecule has 1 amide bonds. The number of hydrogen-bond acceptors (Lipinski definition) is 2. The number of nitrogens with one attached hydrogen (secondary N) is 1. The number of hydrogen-bond donors (Lipinski definition) is 2. The minimum atomic E-state index is -0.352. The van der Waals surface area contributed by atoms with Crippen LogP contribution in [0.15, 0.2) is 24.3 Å². The number of amides is 1. The van der Waals surface area contributed by atoms with Crippen molar-refractivity contribution in [3.8, 4) is 0 Å². The third-order valence-electron chi connectivity index (χ3n) is 1.33. The minimum Gasteiger partial charge on any atom is -0.375 e. The van der Waals surface area contributed by atoms with Crippen LogP contribution in [-0.4, -0.2) is 12.5 Å². The fourth-order valence-corrected chi connectivity index (χ4v) is 1.37. The van der Waals surface area contributed by atoms with Gasteiger partial charge in [-0.05, 0) is 34.7 Å². The van der Waals surface area contributed by atoms with Gasteiger partial charge in [0.25, 0.3) is 0 Å². The predicted octanol–water partition coefficient (Wildman–Crippen LogP) is 1.19. The lowest BCUT2D eigenvalue weighted by Crippen LogP contribution is -2.22. The molecule has 0 spiro atoms. The second-order valence-electron chi connectivity index (χ2n) is 2.30. The molecule has 0 aliphatic rings. The van der Waals surface area contributed by atoms with E-state index < -0.39 is 0 Å². The Hall–Kier alpha value is -0.780. The van der Waals surface area contributed by atoms with E-state index in [1.165, 1.54) is 0 Å². The van der Waals surface area contributed by atoms with Gasteiger partial charge in [0, 0.05) is 9.26 Å². The Morgan fingerprint density at radius 3 is 2.75 bits per heavy atom. The number of nitrogens with two attached hydrogens (primary N) is 1. The van der Waals surface area contributed by atoms with Gasteiger partial charge in [-0.15, -0.1) is 0 Å². The summed E-state index contributed by atoms with van der Waals surface area (Å²) in [6.07, 6.45) is 0. The molecule has 4 heteroatoms. The van der Waals surface area contributed by atoms with E-state index >= 15 is 0 Å². The second kappa shape index (κ2) is 4.30. The first-order valence-corrected chi connectivity index (χ1v) is 4.54. The number of rotatable bonds is 3. The van der Waals surface area contributed by atoms with Gasteiger partial charge < -0.3 is 11.1 Å². The van der Waals surface area contributed by atoms with Gasteiger partial charge in [-0.3, -0.25) is 4.79 Å². The summed E-state index contributed by atoms with van der Waals surface area (Å²) in [6.45, 7) is 0.181. The van der Waals surface area contributed by atoms with E-state index in [1.807, 2.05) is 24.3 Å². The molecule has 3 nitrogen and oxygen atoms in total. The first-order chi connectivity index (χ1) is 5.70. The average molecular weight is 276 g/mol. The molecule has 0 radical (unpaired) electrons. The van der Waals surface area contributed by atoms with Gasteiger partial charge in [-0.2, -0.15) is 0 Å². The zero-order valence-electron chi connectivity index (χ0n) is 6.38. The molecule has 0 saturated heterocycles. The summed E-state index contributed by atoms with van der Waals surface area (Å²) >= 11 is 2.19. The lowest BCUT2D eigenvalue weighted by molar-refractivity contribution is -0.116. The molecule has 0 saturated carbocycles. The minimum absolute atomic E-state index is 0.181. The molecule has 0 aromatic heterocycles. The molecular weight excluding hydrogens is 267 g/mol. The molecule has 1 aromatic carbocycles. The Morgan fingerprint density at radius 2 is 2.17 bits per heavy atom. The Labute approximate surface area is 84.5 Å². The molecule has 0 aliphatic heterocycles. The van der Waals surface area contributed by atoms with Crippen molar-refractivity contribution in [2.75, 3.05) is 11.9 Å². The highest BCUT2D eigenvalue weighted by Gasteiger charge is 1.97. The second-order valence-corrected chi connectivity index (χ2v) is 3.46. The summed E-state index contributed by atoms with van der Waals surface area (Å²) in [5, 5.41) is 2.93. The van der Waals surface area contributed by atoms with Gasteiger partial charge in [-0.1, -0.05) is 12.1 Å². The van der Waals surface area contributed by atoms with Crippen LogP contribution >= 0.6 is 22.6 Å². The molecular formula is C8H9IN2O. The first kappa shape index (κ1) is 9.31. The maximum absolute atomic E-state index is 10.4. The normalized spacial score (nSPS) is 9.42. The van der Waals surface area contributed by atoms with Gasteiger partial charge >= 0.3 is 0 Å². The highest BCUT2D eigenvalue weighted by Crippen LogP contribution is 2.15. The fourth-order valence-electron chi connectivity index (χ4n) is 0.787. The summed E-state index contributed by atoms with van der Waals surface area (Å²) < 4.78 is 1.08. The van der Waals surface area contributed by atoms with Crippen LogP contribution in [0.5, 0.6) is 0 Å². The van der Waals surface area contributed by atoms with E-state index in [-0.39, 0.29) is 12.5 Å². The largest absolute Gasteiger partial charge is 0.375 e. The average Bonchev–Trinajstić information content (AvgIpc) is 2.03. The van der Waals surface area contributed by atoms with Crippen LogP contribution in [0.25, 0.3) is 0 Å². The SMILES string of the molecule is NC(=O)CNc1ccccc1I. The quantitative estimate of drug-likeness (QED) is 0.815. The summed E-state index contributed by atoms with van der Waals surface area (Å²) in [4.78, 5) is 10.4. The molecule has 0 bridgehead atoms. The monoisotopic (exact) mass is 276 g/mol. The Bertz CT molecular complexity index is 288. The molecule has 12 heavy (non-hydrogen) atoms. The van der Waals surface area contributed by atoms with Crippen molar-refractivity contribution in [3.63, 3.8) is 0 Å². The number of para-hydroxylation sites is 1. The predicted molar refractivity (Wildman–Crippen MR) is 56.8 cm³/mol. The Kier molecular flexibility index (Phi) is 3.33. The number of halogens is 1. The van der Waals surface area contributed by atoms with Crippen LogP contribution < -0.4 is 11.1 Å². The maximum atomic E-state index is 10.4. The van der Waals surface area contributed by atoms with Crippen molar-refractivity contribution in [2.45, 2.75) is 0 Å². The van der Waals surface area contributed by atoms with Crippen molar-refractivity contribution >= 4 is 34.2 Å². The van der Waals surface area contributed by atoms with Crippen molar-refractivity contribution in [3.05, 3.63) is 27.8 Å². The summed E-state index contributed by atoms with van der Waals surface area (Å²) in [5.74, 6) is -0.352. The number of benzene rings is 1. The lowest BCUT2D eigenvalue weighted by atomic mass is 10.3. The number of anilines is 1. The molecule has 0 aliphatic carbocycles. The Balaban J connectivity index is 2.63. The number of carbonyl (C=O) groups is 1. The summed E-state index contributed by atoms with van der Waals surface area (Å²) in [5.41, 5.74) is 5.93. The summed E-state index contributed by atoms with van der Waals surface area (Å²) in [7, 11) is 0. The van der Waals surface area contributed by atoms with Crippen molar-refractivity contribution in [1.82, 2.24) is 0 Å². The van der Waals surface area contributed by atoms with Crippen LogP contribution in [0, 0.1) is 3.57 Å². The van der Waals surface area contributed by atoms with Crippen molar-refractivity contribution < 1.29 is 4.79 Å². The third kappa shape index (κ3) is 2.69. The molecule has 0 unspecified atom stereocenters. The number of carbonyl (C=O) groups excluding carboxylic acids is 1. The van der Waals surface area contributed by atoms with Crippen molar-refractivity contribution in [2.24, 2.45) is 5.73 Å². The van der Waals surface area contributed by atoms with Crippen LogP contribution in [0.3, 0.4) is 0 Å². The standard InChI is InChI=1S/C8H9IN2O/c9-6-3-1-2-4-7(6)11-5-8(10)12/h1-4,11H,5H2,(H2,10,12). The van der Waals surface area contributed by atoms with E-state index in [2.05, 4.69) is 27.9 Å². The molecule has 0 heterocycles. The van der Waals surface area contributed by atoms with Gasteiger partial charge in [0.15, 0.2) is 0 Å². The highest BCUT2D eigenvalue weighted by molar-refractivity contribution is 14.1. The maximum Gasteiger partial charge on any atom is 0.236 e. The molecule has 0 atom stereocenters. The third-order valence-corrected chi connectivity index (χ3v) is 2.27.